The van der Waals surface area contributed by atoms with Crippen LogP contribution in [0.15, 0.2) is 48.5 Å². The number of alkyl halides is 3. The Balaban J connectivity index is 2.38. The third kappa shape index (κ3) is 4.94. The fourth-order valence-corrected chi connectivity index (χ4v) is 3.80. The monoisotopic (exact) mass is 416 g/mol. The van der Waals surface area contributed by atoms with Gasteiger partial charge in [-0.05, 0) is 31.2 Å². The van der Waals surface area contributed by atoms with Crippen molar-refractivity contribution in [3.05, 3.63) is 54.1 Å². The molecule has 0 aliphatic carbocycles. The maximum atomic E-state index is 13.1. The van der Waals surface area contributed by atoms with Crippen LogP contribution in [0.3, 0.4) is 0 Å². The zero-order valence-electron chi connectivity index (χ0n) is 15.3. The number of carbonyl (C=O) groups is 1. The van der Waals surface area contributed by atoms with Gasteiger partial charge in [0, 0.05) is 6.07 Å². The molecule has 2 aromatic carbocycles. The molecule has 0 heterocycles. The van der Waals surface area contributed by atoms with Crippen molar-refractivity contribution in [2.75, 3.05) is 23.0 Å². The number of halogens is 3. The van der Waals surface area contributed by atoms with Gasteiger partial charge in [0.1, 0.15) is 11.8 Å². The molecule has 152 valence electrons. The summed E-state index contributed by atoms with van der Waals surface area (Å²) < 4.78 is 69.8. The maximum absolute atomic E-state index is 13.1. The standard InChI is InChI=1S/C18H19F3N2O4S/c1-12(17(24)22-16-10-5-4-9-15(16)18(19,20)21)23(28(3,25)26)13-7-6-8-14(11-13)27-2/h4-12H,1-3H3,(H,22,24)/t12-/m1/s1. The predicted octanol–water partition coefficient (Wildman–Crippen LogP) is 3.51. The number of benzene rings is 2. The summed E-state index contributed by atoms with van der Waals surface area (Å²) in [5, 5.41) is 2.17. The Bertz CT molecular complexity index is 961. The smallest absolute Gasteiger partial charge is 0.418 e. The van der Waals surface area contributed by atoms with E-state index in [-0.39, 0.29) is 5.69 Å². The summed E-state index contributed by atoms with van der Waals surface area (Å²) in [6.07, 6.45) is -3.77. The summed E-state index contributed by atoms with van der Waals surface area (Å²) in [5.74, 6) is -0.550. The number of sulfonamides is 1. The van der Waals surface area contributed by atoms with Gasteiger partial charge in [-0.15, -0.1) is 0 Å². The first kappa shape index (κ1) is 21.5. The first-order chi connectivity index (χ1) is 12.9. The molecule has 10 heteroatoms. The molecule has 1 N–H and O–H groups in total. The highest BCUT2D eigenvalue weighted by atomic mass is 32.2. The summed E-state index contributed by atoms with van der Waals surface area (Å²) in [4.78, 5) is 12.6. The molecule has 2 aromatic rings. The van der Waals surface area contributed by atoms with E-state index < -0.39 is 39.4 Å². The van der Waals surface area contributed by atoms with Gasteiger partial charge in [0.15, 0.2) is 0 Å². The number of carbonyl (C=O) groups excluding carboxylic acids is 1. The number of hydrogen-bond donors (Lipinski definition) is 1. The lowest BCUT2D eigenvalue weighted by molar-refractivity contribution is -0.137. The van der Waals surface area contributed by atoms with Crippen molar-refractivity contribution in [3.63, 3.8) is 0 Å². The molecule has 0 aliphatic heterocycles. The largest absolute Gasteiger partial charge is 0.497 e. The molecule has 0 aliphatic rings. The molecule has 2 rings (SSSR count). The molecule has 0 spiro atoms. The van der Waals surface area contributed by atoms with Crippen LogP contribution >= 0.6 is 0 Å². The number of para-hydroxylation sites is 1. The highest BCUT2D eigenvalue weighted by Gasteiger charge is 2.35. The van der Waals surface area contributed by atoms with Crippen molar-refractivity contribution in [1.82, 2.24) is 0 Å². The summed E-state index contributed by atoms with van der Waals surface area (Å²) in [6, 6.07) is 9.15. The predicted molar refractivity (Wildman–Crippen MR) is 99.9 cm³/mol. The normalized spacial score (nSPS) is 12.9. The minimum Gasteiger partial charge on any atom is -0.497 e. The molecule has 0 saturated carbocycles. The Kier molecular flexibility index (Phi) is 6.23. The Morgan fingerprint density at radius 3 is 2.36 bits per heavy atom. The van der Waals surface area contributed by atoms with Crippen LogP contribution < -0.4 is 14.4 Å². The lowest BCUT2D eigenvalue weighted by Gasteiger charge is -2.28. The molecule has 0 unspecified atom stereocenters. The molecular formula is C18H19F3N2O4S. The van der Waals surface area contributed by atoms with E-state index in [1.165, 1.54) is 44.4 Å². The van der Waals surface area contributed by atoms with Crippen molar-refractivity contribution >= 4 is 27.3 Å². The van der Waals surface area contributed by atoms with Crippen molar-refractivity contribution < 1.29 is 31.1 Å². The second-order valence-corrected chi connectivity index (χ2v) is 7.83. The minimum atomic E-state index is -4.67. The lowest BCUT2D eigenvalue weighted by atomic mass is 10.1. The zero-order valence-corrected chi connectivity index (χ0v) is 16.1. The Morgan fingerprint density at radius 2 is 1.79 bits per heavy atom. The molecule has 6 nitrogen and oxygen atoms in total. The topological polar surface area (TPSA) is 75.7 Å². The Morgan fingerprint density at radius 1 is 1.14 bits per heavy atom. The molecule has 1 amide bonds. The highest BCUT2D eigenvalue weighted by Crippen LogP contribution is 2.35. The van der Waals surface area contributed by atoms with Crippen LogP contribution in [-0.2, 0) is 21.0 Å². The first-order valence-electron chi connectivity index (χ1n) is 8.05. The van der Waals surface area contributed by atoms with Gasteiger partial charge in [0.2, 0.25) is 15.9 Å². The molecule has 28 heavy (non-hydrogen) atoms. The maximum Gasteiger partial charge on any atom is 0.418 e. The van der Waals surface area contributed by atoms with Crippen LogP contribution in [0.5, 0.6) is 5.75 Å². The number of nitrogens with one attached hydrogen (secondary N) is 1. The number of hydrogen-bond acceptors (Lipinski definition) is 4. The summed E-state index contributed by atoms with van der Waals surface area (Å²) in [7, 11) is -2.53. The van der Waals surface area contributed by atoms with Crippen molar-refractivity contribution in [1.29, 1.82) is 0 Å². The van der Waals surface area contributed by atoms with Crippen molar-refractivity contribution in [2.45, 2.75) is 19.1 Å². The molecule has 0 radical (unpaired) electrons. The molecule has 1 atom stereocenters. The van der Waals surface area contributed by atoms with Gasteiger partial charge >= 0.3 is 6.18 Å². The number of amides is 1. The Labute approximate surface area is 161 Å². The lowest BCUT2D eigenvalue weighted by Crippen LogP contribution is -2.45. The quantitative estimate of drug-likeness (QED) is 0.782. The minimum absolute atomic E-state index is 0.147. The third-order valence-electron chi connectivity index (χ3n) is 3.89. The number of rotatable bonds is 6. The van der Waals surface area contributed by atoms with E-state index in [1.54, 1.807) is 6.07 Å². The van der Waals surface area contributed by atoms with Gasteiger partial charge in [-0.2, -0.15) is 13.2 Å². The van der Waals surface area contributed by atoms with Gasteiger partial charge in [0.25, 0.3) is 0 Å². The zero-order chi connectivity index (χ0) is 21.1. The molecule has 0 aromatic heterocycles. The van der Waals surface area contributed by atoms with E-state index in [2.05, 4.69) is 5.32 Å². The SMILES string of the molecule is COc1cccc(N([C@H](C)C(=O)Nc2ccccc2C(F)(F)F)S(C)(=O)=O)c1. The summed E-state index contributed by atoms with van der Waals surface area (Å²) >= 11 is 0. The number of anilines is 2. The van der Waals surface area contributed by atoms with Crippen LogP contribution in [0.2, 0.25) is 0 Å². The second kappa shape index (κ2) is 8.09. The second-order valence-electron chi connectivity index (χ2n) is 5.97. The van der Waals surface area contributed by atoms with E-state index in [1.807, 2.05) is 0 Å². The molecule has 0 fully saturated rings. The van der Waals surface area contributed by atoms with Gasteiger partial charge in [-0.25, -0.2) is 8.42 Å². The fourth-order valence-electron chi connectivity index (χ4n) is 2.63. The molecular weight excluding hydrogens is 397 g/mol. The third-order valence-corrected chi connectivity index (χ3v) is 5.13. The fraction of sp³-hybridized carbons (Fsp3) is 0.278. The Hall–Kier alpha value is -2.75. The van der Waals surface area contributed by atoms with E-state index in [0.717, 1.165) is 22.7 Å². The number of nitrogens with zero attached hydrogens (tertiary/aromatic N) is 1. The van der Waals surface area contributed by atoms with Crippen molar-refractivity contribution in [3.8, 4) is 5.75 Å². The number of methoxy groups -OCH3 is 1. The van der Waals surface area contributed by atoms with Crippen molar-refractivity contribution in [2.24, 2.45) is 0 Å². The molecule has 0 saturated heterocycles. The first-order valence-corrected chi connectivity index (χ1v) is 9.90. The van der Waals surface area contributed by atoms with Gasteiger partial charge < -0.3 is 10.1 Å². The van der Waals surface area contributed by atoms with E-state index >= 15 is 0 Å². The number of ether oxygens (including phenoxy) is 1. The molecule has 0 bridgehead atoms. The van der Waals surface area contributed by atoms with Gasteiger partial charge in [-0.3, -0.25) is 9.10 Å². The van der Waals surface area contributed by atoms with Crippen LogP contribution in [0.4, 0.5) is 24.5 Å². The van der Waals surface area contributed by atoms with Gasteiger partial charge in [0.05, 0.1) is 30.3 Å². The van der Waals surface area contributed by atoms with Crippen LogP contribution in [0.1, 0.15) is 12.5 Å². The summed E-state index contributed by atoms with van der Waals surface area (Å²) in [5.41, 5.74) is -1.33. The van der Waals surface area contributed by atoms with Crippen LogP contribution in [0.25, 0.3) is 0 Å². The average molecular weight is 416 g/mol. The van der Waals surface area contributed by atoms with E-state index in [9.17, 15) is 26.4 Å². The summed E-state index contributed by atoms with van der Waals surface area (Å²) in [6.45, 7) is 1.28. The average Bonchev–Trinajstić information content (AvgIpc) is 2.60. The van der Waals surface area contributed by atoms with Crippen LogP contribution in [-0.4, -0.2) is 33.7 Å². The van der Waals surface area contributed by atoms with E-state index in [4.69, 9.17) is 4.74 Å². The highest BCUT2D eigenvalue weighted by molar-refractivity contribution is 7.92. The van der Waals surface area contributed by atoms with E-state index in [0.29, 0.717) is 5.75 Å². The van der Waals surface area contributed by atoms with Crippen LogP contribution in [0, 0.1) is 0 Å². The van der Waals surface area contributed by atoms with Gasteiger partial charge in [-0.1, -0.05) is 18.2 Å².